The van der Waals surface area contributed by atoms with E-state index in [1.165, 1.54) is 35.9 Å². The van der Waals surface area contributed by atoms with Gasteiger partial charge in [0.25, 0.3) is 0 Å². The first-order chi connectivity index (χ1) is 13.9. The summed E-state index contributed by atoms with van der Waals surface area (Å²) < 4.78 is 32.9. The molecule has 0 spiro atoms. The van der Waals surface area contributed by atoms with Crippen molar-refractivity contribution in [1.29, 1.82) is 0 Å². The van der Waals surface area contributed by atoms with Crippen LogP contribution >= 0.6 is 11.6 Å². The van der Waals surface area contributed by atoms with Crippen molar-refractivity contribution in [2.24, 2.45) is 5.92 Å². The molecular weight excluding hydrogens is 412 g/mol. The minimum absolute atomic E-state index is 0.0396. The van der Waals surface area contributed by atoms with Gasteiger partial charge in [0, 0.05) is 24.7 Å². The Morgan fingerprint density at radius 1 is 1.31 bits per heavy atom. The van der Waals surface area contributed by atoms with Crippen LogP contribution in [0, 0.1) is 5.92 Å². The maximum atomic E-state index is 13.2. The van der Waals surface area contributed by atoms with E-state index in [9.17, 15) is 13.2 Å². The highest BCUT2D eigenvalue weighted by atomic mass is 35.5. The Labute approximate surface area is 178 Å². The number of ether oxygens (including phenoxy) is 1. The zero-order valence-corrected chi connectivity index (χ0v) is 18.4. The lowest BCUT2D eigenvalue weighted by atomic mass is 9.96. The van der Waals surface area contributed by atoms with E-state index in [-0.39, 0.29) is 29.0 Å². The summed E-state index contributed by atoms with van der Waals surface area (Å²) in [6.45, 7) is 1.16. The molecule has 1 aromatic rings. The smallest absolute Gasteiger partial charge is 0.246 e. The van der Waals surface area contributed by atoms with Crippen LogP contribution in [-0.2, 0) is 14.8 Å². The number of rotatable bonds is 7. The number of hydrogen-bond donors (Lipinski definition) is 1. The molecule has 3 rings (SSSR count). The van der Waals surface area contributed by atoms with Gasteiger partial charge in [0.2, 0.25) is 15.9 Å². The molecule has 29 heavy (non-hydrogen) atoms. The van der Waals surface area contributed by atoms with Crippen LogP contribution in [0.2, 0.25) is 5.02 Å². The Morgan fingerprint density at radius 3 is 2.86 bits per heavy atom. The van der Waals surface area contributed by atoms with Crippen LogP contribution in [-0.4, -0.2) is 45.4 Å². The molecule has 1 atom stereocenters. The van der Waals surface area contributed by atoms with Crippen LogP contribution < -0.4 is 10.1 Å². The fraction of sp³-hybridized carbons (Fsp3) is 0.571. The van der Waals surface area contributed by atoms with Gasteiger partial charge in [-0.1, -0.05) is 23.3 Å². The van der Waals surface area contributed by atoms with E-state index in [1.807, 2.05) is 0 Å². The molecule has 0 radical (unpaired) electrons. The average Bonchev–Trinajstić information content (AvgIpc) is 2.74. The van der Waals surface area contributed by atoms with Crippen LogP contribution in [0.4, 0.5) is 0 Å². The maximum Gasteiger partial charge on any atom is 0.246 e. The summed E-state index contributed by atoms with van der Waals surface area (Å²) in [5, 5.41) is 3.32. The molecule has 1 heterocycles. The third-order valence-corrected chi connectivity index (χ3v) is 7.75. The number of allylic oxidation sites excluding steroid dienone is 1. The normalized spacial score (nSPS) is 20.8. The number of piperidine rings is 1. The quantitative estimate of drug-likeness (QED) is 0.655. The largest absolute Gasteiger partial charge is 0.495 e. The highest BCUT2D eigenvalue weighted by Gasteiger charge is 2.34. The molecule has 2 aliphatic rings. The van der Waals surface area contributed by atoms with Gasteiger partial charge in [-0.25, -0.2) is 8.42 Å². The molecule has 1 aliphatic carbocycles. The van der Waals surface area contributed by atoms with Gasteiger partial charge in [-0.3, -0.25) is 4.79 Å². The SMILES string of the molecule is COc1ccc(Cl)cc1S(=O)(=O)N1CCC[C@@H](C(=O)NCCC2=CCCCC2)C1. The number of carbonyl (C=O) groups excluding carboxylic acids is 1. The van der Waals surface area contributed by atoms with Gasteiger partial charge >= 0.3 is 0 Å². The van der Waals surface area contributed by atoms with Crippen molar-refractivity contribution in [3.63, 3.8) is 0 Å². The van der Waals surface area contributed by atoms with Crippen LogP contribution in [0.25, 0.3) is 0 Å². The molecule has 1 saturated heterocycles. The zero-order chi connectivity index (χ0) is 20.9. The zero-order valence-electron chi connectivity index (χ0n) is 16.8. The van der Waals surface area contributed by atoms with E-state index in [2.05, 4.69) is 11.4 Å². The first-order valence-corrected chi connectivity index (χ1v) is 12.0. The molecule has 1 aromatic carbocycles. The predicted octanol–water partition coefficient (Wildman–Crippen LogP) is 3.76. The molecule has 160 valence electrons. The van der Waals surface area contributed by atoms with E-state index in [4.69, 9.17) is 16.3 Å². The third-order valence-electron chi connectivity index (χ3n) is 5.63. The number of halogens is 1. The Bertz CT molecular complexity index is 869. The monoisotopic (exact) mass is 440 g/mol. The second kappa shape index (κ2) is 9.96. The number of nitrogens with one attached hydrogen (secondary N) is 1. The molecule has 0 unspecified atom stereocenters. The van der Waals surface area contributed by atoms with Gasteiger partial charge in [0.1, 0.15) is 10.6 Å². The fourth-order valence-corrected chi connectivity index (χ4v) is 5.93. The van der Waals surface area contributed by atoms with Crippen LogP contribution in [0.5, 0.6) is 5.75 Å². The molecule has 8 heteroatoms. The number of carbonyl (C=O) groups is 1. The minimum Gasteiger partial charge on any atom is -0.495 e. The summed E-state index contributed by atoms with van der Waals surface area (Å²) in [4.78, 5) is 12.7. The Morgan fingerprint density at radius 2 is 2.14 bits per heavy atom. The lowest BCUT2D eigenvalue weighted by molar-refractivity contribution is -0.126. The second-order valence-electron chi connectivity index (χ2n) is 7.65. The molecule has 1 N–H and O–H groups in total. The van der Waals surface area contributed by atoms with E-state index in [0.29, 0.717) is 31.0 Å². The predicted molar refractivity (Wildman–Crippen MR) is 114 cm³/mol. The number of nitrogens with zero attached hydrogens (tertiary/aromatic N) is 1. The minimum atomic E-state index is -3.80. The Balaban J connectivity index is 1.63. The van der Waals surface area contributed by atoms with Crippen molar-refractivity contribution in [2.75, 3.05) is 26.7 Å². The summed E-state index contributed by atoms with van der Waals surface area (Å²) in [6, 6.07) is 4.54. The van der Waals surface area contributed by atoms with Crippen molar-refractivity contribution in [3.8, 4) is 5.75 Å². The molecule has 1 amide bonds. The molecule has 0 saturated carbocycles. The van der Waals surface area contributed by atoms with Gasteiger partial charge in [-0.05, 0) is 63.1 Å². The third kappa shape index (κ3) is 5.53. The van der Waals surface area contributed by atoms with Crippen molar-refractivity contribution in [2.45, 2.75) is 49.8 Å². The Hall–Kier alpha value is -1.57. The molecule has 1 fully saturated rings. The summed E-state index contributed by atoms with van der Waals surface area (Å²) in [6.07, 6.45) is 9.21. The molecule has 6 nitrogen and oxygen atoms in total. The van der Waals surface area contributed by atoms with Crippen molar-refractivity contribution in [3.05, 3.63) is 34.9 Å². The number of amides is 1. The molecule has 0 aromatic heterocycles. The van der Waals surface area contributed by atoms with E-state index < -0.39 is 10.0 Å². The summed E-state index contributed by atoms with van der Waals surface area (Å²) in [5.41, 5.74) is 1.41. The number of sulfonamides is 1. The van der Waals surface area contributed by atoms with Crippen LogP contribution in [0.15, 0.2) is 34.7 Å². The Kier molecular flexibility index (Phi) is 7.60. The van der Waals surface area contributed by atoms with E-state index in [1.54, 1.807) is 12.1 Å². The fourth-order valence-electron chi connectivity index (χ4n) is 3.99. The summed E-state index contributed by atoms with van der Waals surface area (Å²) in [5.74, 6) is -0.162. The summed E-state index contributed by atoms with van der Waals surface area (Å²) >= 11 is 6.01. The molecule has 0 bridgehead atoms. The second-order valence-corrected chi connectivity index (χ2v) is 9.99. The lowest BCUT2D eigenvalue weighted by Gasteiger charge is -2.31. The standard InChI is InChI=1S/C21H29ClN2O4S/c1-28-19-10-9-18(22)14-20(19)29(26,27)24-13-5-8-17(15-24)21(25)23-12-11-16-6-3-2-4-7-16/h6,9-10,14,17H,2-5,7-8,11-13,15H2,1H3,(H,23,25)/t17-/m1/s1. The van der Waals surface area contributed by atoms with Crippen molar-refractivity contribution >= 4 is 27.5 Å². The lowest BCUT2D eigenvalue weighted by Crippen LogP contribution is -2.45. The van der Waals surface area contributed by atoms with Gasteiger partial charge < -0.3 is 10.1 Å². The number of benzene rings is 1. The van der Waals surface area contributed by atoms with Crippen molar-refractivity contribution < 1.29 is 17.9 Å². The molecular formula is C21H29ClN2O4S. The highest BCUT2D eigenvalue weighted by molar-refractivity contribution is 7.89. The summed E-state index contributed by atoms with van der Waals surface area (Å²) in [7, 11) is -2.37. The first-order valence-electron chi connectivity index (χ1n) is 10.2. The van der Waals surface area contributed by atoms with Gasteiger partial charge in [-0.2, -0.15) is 4.31 Å². The number of methoxy groups -OCH3 is 1. The maximum absolute atomic E-state index is 13.2. The number of hydrogen-bond acceptors (Lipinski definition) is 4. The van der Waals surface area contributed by atoms with Gasteiger partial charge in [-0.15, -0.1) is 0 Å². The highest BCUT2D eigenvalue weighted by Crippen LogP contribution is 2.32. The van der Waals surface area contributed by atoms with E-state index >= 15 is 0 Å². The van der Waals surface area contributed by atoms with E-state index in [0.717, 1.165) is 19.3 Å². The molecule has 1 aliphatic heterocycles. The van der Waals surface area contributed by atoms with Crippen LogP contribution in [0.1, 0.15) is 44.9 Å². The van der Waals surface area contributed by atoms with Crippen LogP contribution in [0.3, 0.4) is 0 Å². The van der Waals surface area contributed by atoms with Gasteiger partial charge in [0.05, 0.1) is 13.0 Å². The first kappa shape index (κ1) is 22.1. The van der Waals surface area contributed by atoms with Gasteiger partial charge in [0.15, 0.2) is 0 Å². The average molecular weight is 441 g/mol. The van der Waals surface area contributed by atoms with Crippen molar-refractivity contribution in [1.82, 2.24) is 9.62 Å². The topological polar surface area (TPSA) is 75.7 Å².